The van der Waals surface area contributed by atoms with Crippen LogP contribution in [0, 0.1) is 11.7 Å². The lowest BCUT2D eigenvalue weighted by Gasteiger charge is -2.07. The number of hydrogen-bond donors (Lipinski definition) is 1. The summed E-state index contributed by atoms with van der Waals surface area (Å²) in [7, 11) is 0. The SMILES string of the molecule is CCCCc1ccc(-n2c(=S)[nH]c3sc(C)cc3c2=O)cc1. The predicted octanol–water partition coefficient (Wildman–Crippen LogP) is 4.76. The van der Waals surface area contributed by atoms with Crippen LogP contribution in [0.4, 0.5) is 0 Å². The Morgan fingerprint density at radius 2 is 2.00 bits per heavy atom. The second-order valence-corrected chi connectivity index (χ2v) is 7.08. The van der Waals surface area contributed by atoms with E-state index in [-0.39, 0.29) is 5.56 Å². The molecule has 3 nitrogen and oxygen atoms in total. The molecule has 3 aromatic rings. The number of aromatic nitrogens is 2. The van der Waals surface area contributed by atoms with Crippen LogP contribution in [0.1, 0.15) is 30.2 Å². The fourth-order valence-electron chi connectivity index (χ4n) is 2.56. The molecule has 0 radical (unpaired) electrons. The van der Waals surface area contributed by atoms with Crippen LogP contribution in [0.5, 0.6) is 0 Å². The molecule has 0 aliphatic rings. The number of rotatable bonds is 4. The van der Waals surface area contributed by atoms with E-state index in [0.29, 0.717) is 10.2 Å². The summed E-state index contributed by atoms with van der Waals surface area (Å²) in [6.07, 6.45) is 3.43. The van der Waals surface area contributed by atoms with Crippen molar-refractivity contribution < 1.29 is 0 Å². The van der Waals surface area contributed by atoms with E-state index < -0.39 is 0 Å². The van der Waals surface area contributed by atoms with Crippen LogP contribution < -0.4 is 5.56 Å². The van der Waals surface area contributed by atoms with Gasteiger partial charge < -0.3 is 4.98 Å². The lowest BCUT2D eigenvalue weighted by molar-refractivity contribution is 0.794. The molecule has 0 bridgehead atoms. The molecular weight excluding hydrogens is 312 g/mol. The van der Waals surface area contributed by atoms with E-state index in [0.717, 1.165) is 21.8 Å². The van der Waals surface area contributed by atoms with Crippen molar-refractivity contribution in [2.75, 3.05) is 0 Å². The van der Waals surface area contributed by atoms with Crippen LogP contribution in [-0.2, 0) is 6.42 Å². The van der Waals surface area contributed by atoms with Gasteiger partial charge in [0.2, 0.25) is 0 Å². The summed E-state index contributed by atoms with van der Waals surface area (Å²) in [6, 6.07) is 10.0. The van der Waals surface area contributed by atoms with Gasteiger partial charge in [0.15, 0.2) is 4.77 Å². The number of nitrogens with zero attached hydrogens (tertiary/aromatic N) is 1. The number of thiophene rings is 1. The summed E-state index contributed by atoms with van der Waals surface area (Å²) in [4.78, 5) is 17.8. The van der Waals surface area contributed by atoms with Crippen LogP contribution in [0.15, 0.2) is 35.1 Å². The average Bonchev–Trinajstić information content (AvgIpc) is 2.87. The number of aryl methyl sites for hydroxylation is 2. The molecule has 22 heavy (non-hydrogen) atoms. The number of benzene rings is 1. The summed E-state index contributed by atoms with van der Waals surface area (Å²) in [6.45, 7) is 4.18. The quantitative estimate of drug-likeness (QED) is 0.700. The third-order valence-corrected chi connectivity index (χ3v) is 4.98. The Kier molecular flexibility index (Phi) is 4.27. The number of unbranched alkanes of at least 4 members (excludes halogenated alkanes) is 1. The highest BCUT2D eigenvalue weighted by Gasteiger charge is 2.09. The van der Waals surface area contributed by atoms with E-state index in [9.17, 15) is 4.79 Å². The van der Waals surface area contributed by atoms with Gasteiger partial charge in [-0.1, -0.05) is 25.5 Å². The third-order valence-electron chi connectivity index (χ3n) is 3.73. The van der Waals surface area contributed by atoms with E-state index in [4.69, 9.17) is 12.2 Å². The molecule has 3 rings (SSSR count). The Hall–Kier alpha value is -1.72. The van der Waals surface area contributed by atoms with Crippen molar-refractivity contribution in [3.8, 4) is 5.69 Å². The van der Waals surface area contributed by atoms with Gasteiger partial charge in [0, 0.05) is 4.88 Å². The lowest BCUT2D eigenvalue weighted by atomic mass is 10.1. The van der Waals surface area contributed by atoms with Gasteiger partial charge >= 0.3 is 0 Å². The lowest BCUT2D eigenvalue weighted by Crippen LogP contribution is -2.19. The molecule has 0 saturated carbocycles. The minimum atomic E-state index is -0.0515. The molecule has 2 aromatic heterocycles. The molecule has 0 atom stereocenters. The molecular formula is C17H18N2OS2. The maximum atomic E-state index is 12.7. The van der Waals surface area contributed by atoms with Crippen LogP contribution >= 0.6 is 23.6 Å². The molecule has 2 heterocycles. The number of fused-ring (bicyclic) bond motifs is 1. The molecule has 114 valence electrons. The smallest absolute Gasteiger partial charge is 0.267 e. The molecule has 0 aliphatic carbocycles. The molecule has 0 fully saturated rings. The highest BCUT2D eigenvalue weighted by atomic mass is 32.1. The van der Waals surface area contributed by atoms with Crippen molar-refractivity contribution in [2.24, 2.45) is 0 Å². The van der Waals surface area contributed by atoms with E-state index >= 15 is 0 Å². The fraction of sp³-hybridized carbons (Fsp3) is 0.294. The minimum absolute atomic E-state index is 0.0515. The second-order valence-electron chi connectivity index (χ2n) is 5.44. The summed E-state index contributed by atoms with van der Waals surface area (Å²) in [5.74, 6) is 0. The van der Waals surface area contributed by atoms with Gasteiger partial charge in [-0.3, -0.25) is 9.36 Å². The van der Waals surface area contributed by atoms with Gasteiger partial charge in [0.1, 0.15) is 4.83 Å². The van der Waals surface area contributed by atoms with Crippen LogP contribution in [0.25, 0.3) is 15.9 Å². The Morgan fingerprint density at radius 3 is 2.68 bits per heavy atom. The highest BCUT2D eigenvalue weighted by molar-refractivity contribution is 7.71. The monoisotopic (exact) mass is 330 g/mol. The molecule has 5 heteroatoms. The number of H-pyrrole nitrogens is 1. The zero-order chi connectivity index (χ0) is 15.7. The normalized spacial score (nSPS) is 11.2. The van der Waals surface area contributed by atoms with Gasteiger partial charge in [-0.2, -0.15) is 0 Å². The highest BCUT2D eigenvalue weighted by Crippen LogP contribution is 2.21. The molecule has 1 N–H and O–H groups in total. The standard InChI is InChI=1S/C17H18N2OS2/c1-3-4-5-12-6-8-13(9-7-12)19-16(20)14-10-11(2)22-15(14)18-17(19)21/h6-10H,3-5H2,1-2H3,(H,18,21). The van der Waals surface area contributed by atoms with Gasteiger partial charge in [0.05, 0.1) is 11.1 Å². The van der Waals surface area contributed by atoms with Crippen molar-refractivity contribution in [3.05, 3.63) is 55.9 Å². The summed E-state index contributed by atoms with van der Waals surface area (Å²) >= 11 is 6.94. The number of nitrogens with one attached hydrogen (secondary N) is 1. The van der Waals surface area contributed by atoms with Crippen molar-refractivity contribution in [1.29, 1.82) is 0 Å². The van der Waals surface area contributed by atoms with Crippen molar-refractivity contribution in [3.63, 3.8) is 0 Å². The zero-order valence-electron chi connectivity index (χ0n) is 12.7. The molecule has 1 aromatic carbocycles. The summed E-state index contributed by atoms with van der Waals surface area (Å²) < 4.78 is 2.02. The fourth-order valence-corrected chi connectivity index (χ4v) is 3.82. The zero-order valence-corrected chi connectivity index (χ0v) is 14.3. The van der Waals surface area contributed by atoms with E-state index in [1.807, 2.05) is 25.1 Å². The Labute approximate surface area is 138 Å². The van der Waals surface area contributed by atoms with Gasteiger partial charge in [-0.15, -0.1) is 11.3 Å². The predicted molar refractivity (Wildman–Crippen MR) is 96.0 cm³/mol. The third kappa shape index (κ3) is 2.78. The minimum Gasteiger partial charge on any atom is -0.323 e. The first-order chi connectivity index (χ1) is 10.6. The van der Waals surface area contributed by atoms with Crippen molar-refractivity contribution in [1.82, 2.24) is 9.55 Å². The number of hydrogen-bond acceptors (Lipinski definition) is 3. The molecule has 0 aliphatic heterocycles. The second kappa shape index (κ2) is 6.18. The summed E-state index contributed by atoms with van der Waals surface area (Å²) in [5.41, 5.74) is 2.06. The first kappa shape index (κ1) is 15.2. The van der Waals surface area contributed by atoms with E-state index in [2.05, 4.69) is 24.0 Å². The molecule has 0 amide bonds. The van der Waals surface area contributed by atoms with Crippen LogP contribution in [-0.4, -0.2) is 9.55 Å². The Morgan fingerprint density at radius 1 is 1.27 bits per heavy atom. The summed E-state index contributed by atoms with van der Waals surface area (Å²) in [5, 5.41) is 0.700. The number of aromatic amines is 1. The topological polar surface area (TPSA) is 37.8 Å². The maximum absolute atomic E-state index is 12.7. The van der Waals surface area contributed by atoms with Gasteiger partial charge in [-0.05, 0) is 55.7 Å². The first-order valence-electron chi connectivity index (χ1n) is 7.45. The van der Waals surface area contributed by atoms with E-state index in [1.165, 1.54) is 18.4 Å². The Balaban J connectivity index is 2.09. The molecule has 0 saturated heterocycles. The van der Waals surface area contributed by atoms with E-state index in [1.54, 1.807) is 15.9 Å². The maximum Gasteiger partial charge on any atom is 0.267 e. The Bertz CT molecular complexity index is 916. The molecule has 0 spiro atoms. The van der Waals surface area contributed by atoms with Gasteiger partial charge in [0.25, 0.3) is 5.56 Å². The van der Waals surface area contributed by atoms with Crippen molar-refractivity contribution in [2.45, 2.75) is 33.1 Å². The van der Waals surface area contributed by atoms with Crippen molar-refractivity contribution >= 4 is 33.8 Å². The first-order valence-corrected chi connectivity index (χ1v) is 8.67. The average molecular weight is 330 g/mol. The molecule has 0 unspecified atom stereocenters. The van der Waals surface area contributed by atoms with Crippen LogP contribution in [0.3, 0.4) is 0 Å². The van der Waals surface area contributed by atoms with Crippen LogP contribution in [0.2, 0.25) is 0 Å². The van der Waals surface area contributed by atoms with Gasteiger partial charge in [-0.25, -0.2) is 0 Å². The largest absolute Gasteiger partial charge is 0.323 e.